The second-order valence-electron chi connectivity index (χ2n) is 6.16. The number of anilines is 1. The number of benzene rings is 2. The van der Waals surface area contributed by atoms with E-state index in [0.29, 0.717) is 12.3 Å². The van der Waals surface area contributed by atoms with Crippen molar-refractivity contribution in [3.63, 3.8) is 0 Å². The number of carbonyl (C=O) groups is 1. The van der Waals surface area contributed by atoms with E-state index in [0.717, 1.165) is 6.07 Å². The van der Waals surface area contributed by atoms with Gasteiger partial charge in [0.2, 0.25) is 5.88 Å². The lowest BCUT2D eigenvalue weighted by Gasteiger charge is -2.13. The topological polar surface area (TPSA) is 51.2 Å². The van der Waals surface area contributed by atoms with E-state index in [9.17, 15) is 31.1 Å². The predicted octanol–water partition coefficient (Wildman–Crippen LogP) is 5.87. The average Bonchev–Trinajstić information content (AvgIpc) is 2.63. The number of halogens is 6. The Kier molecular flexibility index (Phi) is 5.68. The average molecular weight is 426 g/mol. The van der Waals surface area contributed by atoms with E-state index in [2.05, 4.69) is 10.3 Å². The third-order valence-corrected chi connectivity index (χ3v) is 3.93. The van der Waals surface area contributed by atoms with E-state index in [1.54, 1.807) is 0 Å². The molecule has 0 fully saturated rings. The van der Waals surface area contributed by atoms with Gasteiger partial charge in [0.1, 0.15) is 28.8 Å². The zero-order chi connectivity index (χ0) is 22.1. The number of nitrogens with one attached hydrogen (secondary N) is 1. The number of ether oxygens (including phenoxy) is 1. The van der Waals surface area contributed by atoms with E-state index in [-0.39, 0.29) is 28.6 Å². The summed E-state index contributed by atoms with van der Waals surface area (Å²) in [7, 11) is 0. The monoisotopic (exact) mass is 426 g/mol. The van der Waals surface area contributed by atoms with E-state index < -0.39 is 41.0 Å². The molecule has 3 rings (SSSR count). The standard InChI is InChI=1S/C20H12F6N2O2/c1-10-6-11(21)8-16(23)17(10)18(29)28-13-2-4-14(5-3-13)30-19-15(20(24,25)26)7-12(22)9-27-19/h2-9H,1H3,(H,28,29). The first kappa shape index (κ1) is 21.2. The highest BCUT2D eigenvalue weighted by Gasteiger charge is 2.36. The third-order valence-electron chi connectivity index (χ3n) is 3.93. The van der Waals surface area contributed by atoms with Crippen molar-refractivity contribution in [3.8, 4) is 11.6 Å². The van der Waals surface area contributed by atoms with Crippen LogP contribution in [0.25, 0.3) is 0 Å². The second kappa shape index (κ2) is 8.05. The van der Waals surface area contributed by atoms with Gasteiger partial charge in [-0.05, 0) is 48.9 Å². The molecule has 0 aliphatic rings. The molecule has 0 saturated carbocycles. The van der Waals surface area contributed by atoms with Crippen LogP contribution in [-0.4, -0.2) is 10.9 Å². The van der Waals surface area contributed by atoms with Gasteiger partial charge in [-0.15, -0.1) is 0 Å². The van der Waals surface area contributed by atoms with Crippen molar-refractivity contribution in [1.29, 1.82) is 0 Å². The fourth-order valence-electron chi connectivity index (χ4n) is 2.61. The second-order valence-corrected chi connectivity index (χ2v) is 6.16. The molecule has 3 aromatic rings. The maximum atomic E-state index is 13.9. The fraction of sp³-hybridized carbons (Fsp3) is 0.100. The summed E-state index contributed by atoms with van der Waals surface area (Å²) < 4.78 is 84.2. The summed E-state index contributed by atoms with van der Waals surface area (Å²) in [6.45, 7) is 1.37. The highest BCUT2D eigenvalue weighted by atomic mass is 19.4. The molecule has 1 aromatic heterocycles. The molecule has 0 bridgehead atoms. The van der Waals surface area contributed by atoms with E-state index in [1.807, 2.05) is 0 Å². The maximum Gasteiger partial charge on any atom is 0.421 e. The molecule has 30 heavy (non-hydrogen) atoms. The first-order chi connectivity index (χ1) is 14.0. The largest absolute Gasteiger partial charge is 0.438 e. The van der Waals surface area contributed by atoms with Gasteiger partial charge in [-0.1, -0.05) is 0 Å². The summed E-state index contributed by atoms with van der Waals surface area (Å²) in [5, 5.41) is 2.39. The minimum Gasteiger partial charge on any atom is -0.438 e. The van der Waals surface area contributed by atoms with Gasteiger partial charge >= 0.3 is 6.18 Å². The summed E-state index contributed by atoms with van der Waals surface area (Å²) in [5.74, 6) is -4.77. The molecular weight excluding hydrogens is 414 g/mol. The number of carbonyl (C=O) groups excluding carboxylic acids is 1. The molecule has 0 radical (unpaired) electrons. The Morgan fingerprint density at radius 3 is 2.27 bits per heavy atom. The normalized spacial score (nSPS) is 11.3. The van der Waals surface area contributed by atoms with Crippen LogP contribution in [0, 0.1) is 24.4 Å². The number of aryl methyl sites for hydroxylation is 1. The van der Waals surface area contributed by atoms with Crippen LogP contribution in [0.2, 0.25) is 0 Å². The Balaban J connectivity index is 1.78. The number of hydrogen-bond acceptors (Lipinski definition) is 3. The molecule has 4 nitrogen and oxygen atoms in total. The number of alkyl halides is 3. The van der Waals surface area contributed by atoms with Gasteiger partial charge in [-0.25, -0.2) is 18.2 Å². The number of amides is 1. The summed E-state index contributed by atoms with van der Waals surface area (Å²) in [4.78, 5) is 15.6. The Labute approximate surface area is 166 Å². The first-order valence-electron chi connectivity index (χ1n) is 8.32. The fourth-order valence-corrected chi connectivity index (χ4v) is 2.61. The van der Waals surface area contributed by atoms with Crippen LogP contribution < -0.4 is 10.1 Å². The van der Waals surface area contributed by atoms with Gasteiger partial charge in [-0.2, -0.15) is 13.2 Å². The Morgan fingerprint density at radius 2 is 1.67 bits per heavy atom. The lowest BCUT2D eigenvalue weighted by atomic mass is 10.1. The van der Waals surface area contributed by atoms with Gasteiger partial charge in [0.05, 0.1) is 11.8 Å². The molecule has 0 aliphatic heterocycles. The molecule has 0 atom stereocenters. The lowest BCUT2D eigenvalue weighted by molar-refractivity contribution is -0.139. The van der Waals surface area contributed by atoms with Crippen molar-refractivity contribution in [3.05, 3.63) is 82.8 Å². The molecule has 0 saturated heterocycles. The minimum atomic E-state index is -4.88. The first-order valence-corrected chi connectivity index (χ1v) is 8.32. The number of nitrogens with zero attached hydrogens (tertiary/aromatic N) is 1. The van der Waals surface area contributed by atoms with Crippen LogP contribution >= 0.6 is 0 Å². The molecule has 1 heterocycles. The minimum absolute atomic E-state index is 0.0678. The number of hydrogen-bond donors (Lipinski definition) is 1. The Hall–Kier alpha value is -3.56. The van der Waals surface area contributed by atoms with Gasteiger partial charge in [0, 0.05) is 11.8 Å². The Bertz CT molecular complexity index is 1070. The van der Waals surface area contributed by atoms with E-state index in [4.69, 9.17) is 4.74 Å². The van der Waals surface area contributed by atoms with Crippen molar-refractivity contribution in [2.45, 2.75) is 13.1 Å². The van der Waals surface area contributed by atoms with E-state index >= 15 is 0 Å². The van der Waals surface area contributed by atoms with Crippen molar-refractivity contribution in [2.24, 2.45) is 0 Å². The van der Waals surface area contributed by atoms with Crippen LogP contribution in [0.15, 0.2) is 48.7 Å². The molecule has 1 amide bonds. The SMILES string of the molecule is Cc1cc(F)cc(F)c1C(=O)Nc1ccc(Oc2ncc(F)cc2C(F)(F)F)cc1. The quantitative estimate of drug-likeness (QED) is 0.531. The van der Waals surface area contributed by atoms with Crippen LogP contribution in [0.1, 0.15) is 21.5 Å². The number of pyridine rings is 1. The lowest BCUT2D eigenvalue weighted by Crippen LogP contribution is -2.15. The predicted molar refractivity (Wildman–Crippen MR) is 94.8 cm³/mol. The molecule has 2 aromatic carbocycles. The highest BCUT2D eigenvalue weighted by Crippen LogP contribution is 2.37. The number of rotatable bonds is 4. The van der Waals surface area contributed by atoms with E-state index in [1.165, 1.54) is 31.2 Å². The zero-order valence-electron chi connectivity index (χ0n) is 15.2. The third kappa shape index (κ3) is 4.70. The van der Waals surface area contributed by atoms with Crippen LogP contribution in [0.3, 0.4) is 0 Å². The van der Waals surface area contributed by atoms with Gasteiger partial charge in [0.15, 0.2) is 0 Å². The molecule has 0 spiro atoms. The molecule has 156 valence electrons. The van der Waals surface area contributed by atoms with Crippen LogP contribution in [0.5, 0.6) is 11.6 Å². The van der Waals surface area contributed by atoms with Gasteiger partial charge in [-0.3, -0.25) is 4.79 Å². The van der Waals surface area contributed by atoms with Gasteiger partial charge < -0.3 is 10.1 Å². The summed E-state index contributed by atoms with van der Waals surface area (Å²) in [5.41, 5.74) is -1.46. The van der Waals surface area contributed by atoms with Crippen molar-refractivity contribution in [1.82, 2.24) is 4.98 Å². The molecule has 0 unspecified atom stereocenters. The molecule has 1 N–H and O–H groups in total. The summed E-state index contributed by atoms with van der Waals surface area (Å²) in [6.07, 6.45) is -4.30. The molecule has 10 heteroatoms. The summed E-state index contributed by atoms with van der Waals surface area (Å²) in [6, 6.07) is 6.89. The molecule has 0 aliphatic carbocycles. The van der Waals surface area contributed by atoms with Crippen molar-refractivity contribution >= 4 is 11.6 Å². The van der Waals surface area contributed by atoms with Gasteiger partial charge in [0.25, 0.3) is 5.91 Å². The molecular formula is C20H12F6N2O2. The van der Waals surface area contributed by atoms with Crippen LogP contribution in [0.4, 0.5) is 32.0 Å². The number of aromatic nitrogens is 1. The highest BCUT2D eigenvalue weighted by molar-refractivity contribution is 6.05. The Morgan fingerprint density at radius 1 is 1.00 bits per heavy atom. The smallest absolute Gasteiger partial charge is 0.421 e. The summed E-state index contributed by atoms with van der Waals surface area (Å²) >= 11 is 0. The van der Waals surface area contributed by atoms with Crippen LogP contribution in [-0.2, 0) is 6.18 Å². The zero-order valence-corrected chi connectivity index (χ0v) is 15.2. The van der Waals surface area contributed by atoms with Crippen molar-refractivity contribution in [2.75, 3.05) is 5.32 Å². The maximum absolute atomic E-state index is 13.9. The van der Waals surface area contributed by atoms with Crippen molar-refractivity contribution < 1.29 is 35.9 Å².